The number of amides is 3. The van der Waals surface area contributed by atoms with Crippen molar-refractivity contribution in [2.75, 3.05) is 31.6 Å². The van der Waals surface area contributed by atoms with Crippen molar-refractivity contribution in [2.24, 2.45) is 11.0 Å². The number of rotatable bonds is 7. The van der Waals surface area contributed by atoms with E-state index in [0.29, 0.717) is 38.2 Å². The Morgan fingerprint density at radius 2 is 2.00 bits per heavy atom. The molecular formula is C22H26FN5O5. The van der Waals surface area contributed by atoms with Crippen molar-refractivity contribution >= 4 is 35.1 Å². The van der Waals surface area contributed by atoms with Gasteiger partial charge in [-0.25, -0.2) is 14.6 Å². The van der Waals surface area contributed by atoms with Crippen LogP contribution in [0.1, 0.15) is 42.5 Å². The molecule has 1 aromatic carbocycles. The first-order valence-electron chi connectivity index (χ1n) is 10.9. The number of nitrogens with one attached hydrogen (secondary N) is 3. The average Bonchev–Trinajstić information content (AvgIpc) is 3.47. The number of esters is 1. The van der Waals surface area contributed by atoms with Crippen LogP contribution in [0.15, 0.2) is 23.3 Å². The monoisotopic (exact) mass is 459 g/mol. The molecule has 2 aliphatic heterocycles. The molecule has 1 aliphatic carbocycles. The molecule has 11 heteroatoms. The average molecular weight is 459 g/mol. The van der Waals surface area contributed by atoms with Crippen LogP contribution in [-0.4, -0.2) is 61.7 Å². The lowest BCUT2D eigenvalue weighted by Crippen LogP contribution is -2.52. The first-order valence-corrected chi connectivity index (χ1v) is 10.9. The second-order valence-electron chi connectivity index (χ2n) is 8.57. The molecule has 2 heterocycles. The van der Waals surface area contributed by atoms with Crippen LogP contribution >= 0.6 is 0 Å². The standard InChI is InChI=1S/C22H26FN5O5/c1-33-20(31)18-14(23)3-2-4-16(18)28-9-5-13(6-10-28)12-24-21(32)22(7-8-22)25-19(30)15-11-17(29)27-26-15/h2-4,13H,5-12H2,1H3,(H,24,32)(H,25,30)(H,27,29). The molecule has 0 unspecified atom stereocenters. The second kappa shape index (κ2) is 9.16. The van der Waals surface area contributed by atoms with Crippen molar-refractivity contribution in [3.63, 3.8) is 0 Å². The zero-order valence-electron chi connectivity index (χ0n) is 18.3. The van der Waals surface area contributed by atoms with Crippen LogP contribution in [0.3, 0.4) is 0 Å². The highest BCUT2D eigenvalue weighted by molar-refractivity contribution is 6.43. The molecule has 0 atom stereocenters. The Kier molecular flexibility index (Phi) is 6.30. The summed E-state index contributed by atoms with van der Waals surface area (Å²) in [6.45, 7) is 1.67. The van der Waals surface area contributed by atoms with Crippen molar-refractivity contribution in [3.8, 4) is 0 Å². The quantitative estimate of drug-likeness (QED) is 0.509. The van der Waals surface area contributed by atoms with Crippen LogP contribution in [0.25, 0.3) is 0 Å². The Labute approximate surface area is 189 Å². The van der Waals surface area contributed by atoms with Gasteiger partial charge in [-0.15, -0.1) is 0 Å². The van der Waals surface area contributed by atoms with Crippen LogP contribution in [0.5, 0.6) is 0 Å². The number of nitrogens with zero attached hydrogens (tertiary/aromatic N) is 2. The number of carbonyl (C=O) groups excluding carboxylic acids is 4. The van der Waals surface area contributed by atoms with E-state index in [2.05, 4.69) is 21.2 Å². The first-order chi connectivity index (χ1) is 15.8. The molecule has 1 saturated carbocycles. The fourth-order valence-electron chi connectivity index (χ4n) is 4.18. The first kappa shape index (κ1) is 22.7. The smallest absolute Gasteiger partial charge is 0.342 e. The van der Waals surface area contributed by atoms with Crippen molar-refractivity contribution in [1.82, 2.24) is 16.1 Å². The predicted molar refractivity (Wildman–Crippen MR) is 116 cm³/mol. The van der Waals surface area contributed by atoms with Gasteiger partial charge in [-0.3, -0.25) is 14.4 Å². The molecule has 33 heavy (non-hydrogen) atoms. The molecular weight excluding hydrogens is 433 g/mol. The van der Waals surface area contributed by atoms with Crippen molar-refractivity contribution in [1.29, 1.82) is 0 Å². The summed E-state index contributed by atoms with van der Waals surface area (Å²) >= 11 is 0. The van der Waals surface area contributed by atoms with E-state index in [1.807, 2.05) is 4.90 Å². The highest BCUT2D eigenvalue weighted by Crippen LogP contribution is 2.36. The number of carbonyl (C=O) groups is 4. The second-order valence-corrected chi connectivity index (χ2v) is 8.57. The highest BCUT2D eigenvalue weighted by atomic mass is 19.1. The summed E-state index contributed by atoms with van der Waals surface area (Å²) in [7, 11) is 1.22. The van der Waals surface area contributed by atoms with Gasteiger partial charge >= 0.3 is 5.97 Å². The van der Waals surface area contributed by atoms with Gasteiger partial charge in [0.2, 0.25) is 11.8 Å². The lowest BCUT2D eigenvalue weighted by Gasteiger charge is -2.34. The number of benzene rings is 1. The fraction of sp³-hybridized carbons (Fsp3) is 0.500. The van der Waals surface area contributed by atoms with Crippen LogP contribution in [-0.2, 0) is 19.1 Å². The van der Waals surface area contributed by atoms with Crippen molar-refractivity contribution in [2.45, 2.75) is 37.6 Å². The molecule has 10 nitrogen and oxygen atoms in total. The lowest BCUT2D eigenvalue weighted by atomic mass is 9.95. The highest BCUT2D eigenvalue weighted by Gasteiger charge is 2.51. The molecule has 0 radical (unpaired) electrons. The molecule has 3 amide bonds. The molecule has 1 saturated heterocycles. The summed E-state index contributed by atoms with van der Waals surface area (Å²) in [5, 5.41) is 9.33. The minimum absolute atomic E-state index is 0.0677. The number of anilines is 1. The van der Waals surface area contributed by atoms with Gasteiger partial charge in [0, 0.05) is 19.6 Å². The van der Waals surface area contributed by atoms with Gasteiger partial charge in [0.25, 0.3) is 5.91 Å². The van der Waals surface area contributed by atoms with E-state index in [1.165, 1.54) is 13.2 Å². The van der Waals surface area contributed by atoms with Gasteiger partial charge in [0.1, 0.15) is 22.6 Å². The van der Waals surface area contributed by atoms with Crippen LogP contribution in [0, 0.1) is 11.7 Å². The van der Waals surface area contributed by atoms with Crippen molar-refractivity contribution in [3.05, 3.63) is 29.6 Å². The maximum Gasteiger partial charge on any atom is 0.342 e. The maximum absolute atomic E-state index is 14.2. The van der Waals surface area contributed by atoms with E-state index in [-0.39, 0.29) is 35.4 Å². The van der Waals surface area contributed by atoms with Gasteiger partial charge in [-0.1, -0.05) is 6.07 Å². The molecule has 2 fully saturated rings. The Balaban J connectivity index is 1.28. The number of hydrogen-bond donors (Lipinski definition) is 3. The molecule has 4 rings (SSSR count). The summed E-state index contributed by atoms with van der Waals surface area (Å²) in [6.07, 6.45) is 2.48. The number of ether oxygens (including phenoxy) is 1. The largest absolute Gasteiger partial charge is 0.465 e. The van der Waals surface area contributed by atoms with E-state index >= 15 is 0 Å². The molecule has 3 N–H and O–H groups in total. The van der Waals surface area contributed by atoms with Crippen molar-refractivity contribution < 1.29 is 28.3 Å². The minimum Gasteiger partial charge on any atom is -0.465 e. The third-order valence-electron chi connectivity index (χ3n) is 6.33. The Hall–Kier alpha value is -3.50. The summed E-state index contributed by atoms with van der Waals surface area (Å²) in [6, 6.07) is 4.50. The van der Waals surface area contributed by atoms with E-state index in [9.17, 15) is 23.6 Å². The van der Waals surface area contributed by atoms with Crippen LogP contribution in [0.2, 0.25) is 0 Å². The Bertz CT molecular complexity index is 1010. The van der Waals surface area contributed by atoms with E-state index < -0.39 is 23.2 Å². The van der Waals surface area contributed by atoms with Gasteiger partial charge in [0.15, 0.2) is 0 Å². The molecule has 3 aliphatic rings. The number of methoxy groups -OCH3 is 1. The van der Waals surface area contributed by atoms with E-state index in [1.54, 1.807) is 12.1 Å². The Morgan fingerprint density at radius 1 is 1.27 bits per heavy atom. The predicted octanol–water partition coefficient (Wildman–Crippen LogP) is 0.470. The lowest BCUT2D eigenvalue weighted by molar-refractivity contribution is -0.127. The number of hydrogen-bond acceptors (Lipinski definition) is 7. The molecule has 1 aromatic rings. The van der Waals surface area contributed by atoms with Crippen LogP contribution in [0.4, 0.5) is 10.1 Å². The summed E-state index contributed by atoms with van der Waals surface area (Å²) in [5.41, 5.74) is 1.80. The number of hydrazone groups is 1. The van der Waals surface area contributed by atoms with E-state index in [0.717, 1.165) is 12.8 Å². The number of piperidine rings is 1. The van der Waals surface area contributed by atoms with Crippen LogP contribution < -0.4 is 21.0 Å². The third-order valence-corrected chi connectivity index (χ3v) is 6.33. The zero-order chi connectivity index (χ0) is 23.6. The van der Waals surface area contributed by atoms with E-state index in [4.69, 9.17) is 4.74 Å². The maximum atomic E-state index is 14.2. The minimum atomic E-state index is -0.942. The topological polar surface area (TPSA) is 129 Å². The Morgan fingerprint density at radius 3 is 2.61 bits per heavy atom. The molecule has 0 spiro atoms. The summed E-state index contributed by atoms with van der Waals surface area (Å²) < 4.78 is 18.9. The summed E-state index contributed by atoms with van der Waals surface area (Å²) in [4.78, 5) is 50.2. The number of halogens is 1. The van der Waals surface area contributed by atoms with Gasteiger partial charge in [-0.05, 0) is 43.7 Å². The molecule has 0 bridgehead atoms. The van der Waals surface area contributed by atoms with Gasteiger partial charge in [0.05, 0.1) is 19.2 Å². The molecule has 176 valence electrons. The zero-order valence-corrected chi connectivity index (χ0v) is 18.3. The fourth-order valence-corrected chi connectivity index (χ4v) is 4.18. The molecule has 0 aromatic heterocycles. The normalized spacial score (nSPS) is 19.4. The SMILES string of the molecule is COC(=O)c1c(F)cccc1N1CCC(CNC(=O)C2(NC(=O)C3=NNC(=O)C3)CC2)CC1. The van der Waals surface area contributed by atoms with Gasteiger partial charge < -0.3 is 20.3 Å². The van der Waals surface area contributed by atoms with Gasteiger partial charge in [-0.2, -0.15) is 5.10 Å². The summed E-state index contributed by atoms with van der Waals surface area (Å²) in [5.74, 6) is -2.21. The third kappa shape index (κ3) is 4.81.